The maximum absolute atomic E-state index is 11.0. The van der Waals surface area contributed by atoms with Gasteiger partial charge >= 0.3 is 0 Å². The van der Waals surface area contributed by atoms with E-state index in [4.69, 9.17) is 5.21 Å². The van der Waals surface area contributed by atoms with Crippen molar-refractivity contribution in [3.05, 3.63) is 102 Å². The zero-order valence-electron chi connectivity index (χ0n) is 17.1. The first-order valence-electron chi connectivity index (χ1n) is 10.3. The molecule has 0 fully saturated rings. The quantitative estimate of drug-likeness (QED) is 0.147. The van der Waals surface area contributed by atoms with Gasteiger partial charge in [0.25, 0.3) is 5.91 Å². The number of hydrogen-bond donors (Lipinski definition) is 4. The van der Waals surface area contributed by atoms with E-state index in [0.717, 1.165) is 36.3 Å². The molecule has 5 heteroatoms. The Bertz CT molecular complexity index is 1180. The Hall–Kier alpha value is -3.67. The Balaban J connectivity index is 1.29. The van der Waals surface area contributed by atoms with E-state index < -0.39 is 5.91 Å². The van der Waals surface area contributed by atoms with E-state index >= 15 is 0 Å². The van der Waals surface area contributed by atoms with Gasteiger partial charge in [0.05, 0.1) is 0 Å². The highest BCUT2D eigenvalue weighted by Gasteiger charge is 2.04. The molecule has 0 aliphatic carbocycles. The Kier molecular flexibility index (Phi) is 6.57. The maximum Gasteiger partial charge on any atom is 0.267 e. The number of carbonyl (C=O) groups excluding carboxylic acids is 1. The summed E-state index contributed by atoms with van der Waals surface area (Å²) in [5.74, 6) is -0.542. The van der Waals surface area contributed by atoms with Crippen molar-refractivity contribution in [1.29, 1.82) is 0 Å². The molecular formula is C26H25N3O2. The summed E-state index contributed by atoms with van der Waals surface area (Å²) in [5.41, 5.74) is 8.45. The number of hydroxylamine groups is 1. The van der Waals surface area contributed by atoms with E-state index in [2.05, 4.69) is 58.8 Å². The van der Waals surface area contributed by atoms with Crippen molar-refractivity contribution in [2.24, 2.45) is 0 Å². The molecule has 4 aromatic rings. The smallest absolute Gasteiger partial charge is 0.267 e. The van der Waals surface area contributed by atoms with Crippen LogP contribution >= 0.6 is 0 Å². The van der Waals surface area contributed by atoms with Crippen LogP contribution < -0.4 is 10.8 Å². The van der Waals surface area contributed by atoms with E-state index in [9.17, 15) is 4.79 Å². The third-order valence-electron chi connectivity index (χ3n) is 5.21. The van der Waals surface area contributed by atoms with Gasteiger partial charge in [-0.3, -0.25) is 10.0 Å². The van der Waals surface area contributed by atoms with Gasteiger partial charge in [-0.15, -0.1) is 0 Å². The number of hydrogen-bond acceptors (Lipinski definition) is 3. The summed E-state index contributed by atoms with van der Waals surface area (Å²) in [5, 5.41) is 13.2. The minimum Gasteiger partial charge on any atom is -0.355 e. The van der Waals surface area contributed by atoms with Gasteiger partial charge in [0, 0.05) is 29.2 Å². The summed E-state index contributed by atoms with van der Waals surface area (Å²) in [6.45, 7) is 1.67. The van der Waals surface area contributed by atoms with Crippen LogP contribution in [-0.4, -0.2) is 22.6 Å². The van der Waals surface area contributed by atoms with Crippen LogP contribution in [0.4, 0.5) is 0 Å². The normalized spacial score (nSPS) is 11.3. The molecule has 0 atom stereocenters. The molecule has 5 nitrogen and oxygen atoms in total. The first-order chi connectivity index (χ1) is 15.2. The van der Waals surface area contributed by atoms with E-state index in [1.807, 2.05) is 30.3 Å². The molecule has 4 N–H and O–H groups in total. The first-order valence-corrected chi connectivity index (χ1v) is 10.3. The average molecular weight is 412 g/mol. The minimum absolute atomic E-state index is 0.542. The predicted octanol–water partition coefficient (Wildman–Crippen LogP) is 4.69. The summed E-state index contributed by atoms with van der Waals surface area (Å²) in [4.78, 5) is 14.6. The second-order valence-corrected chi connectivity index (χ2v) is 7.45. The fourth-order valence-corrected chi connectivity index (χ4v) is 3.52. The summed E-state index contributed by atoms with van der Waals surface area (Å²) >= 11 is 0. The molecule has 0 aliphatic heterocycles. The molecule has 1 heterocycles. The molecule has 3 aromatic carbocycles. The lowest BCUT2D eigenvalue weighted by Gasteiger charge is -2.06. The molecule has 0 saturated heterocycles. The second kappa shape index (κ2) is 9.89. The largest absolute Gasteiger partial charge is 0.355 e. The third-order valence-corrected chi connectivity index (χ3v) is 5.21. The Morgan fingerprint density at radius 3 is 2.48 bits per heavy atom. The SMILES string of the molecule is O=C(/C=C/c1ccc(CNCCc2ccc3cc(-c4ccccc4)[nH]c3c2)cc1)NO. The number of fused-ring (bicyclic) bond motifs is 1. The second-order valence-electron chi connectivity index (χ2n) is 7.45. The molecule has 0 saturated carbocycles. The van der Waals surface area contributed by atoms with E-state index in [-0.39, 0.29) is 0 Å². The van der Waals surface area contributed by atoms with Crippen molar-refractivity contribution in [2.45, 2.75) is 13.0 Å². The molecule has 156 valence electrons. The number of aromatic nitrogens is 1. The highest BCUT2D eigenvalue weighted by atomic mass is 16.5. The number of amides is 1. The van der Waals surface area contributed by atoms with Crippen molar-refractivity contribution >= 4 is 22.9 Å². The number of carbonyl (C=O) groups is 1. The number of nitrogens with one attached hydrogen (secondary N) is 3. The van der Waals surface area contributed by atoms with Gasteiger partial charge in [0.2, 0.25) is 0 Å². The molecule has 0 radical (unpaired) electrons. The molecule has 1 aromatic heterocycles. The number of aromatic amines is 1. The monoisotopic (exact) mass is 411 g/mol. The molecule has 31 heavy (non-hydrogen) atoms. The lowest BCUT2D eigenvalue weighted by Crippen LogP contribution is -2.16. The summed E-state index contributed by atoms with van der Waals surface area (Å²) in [7, 11) is 0. The average Bonchev–Trinajstić information content (AvgIpc) is 3.25. The molecule has 1 amide bonds. The number of rotatable bonds is 8. The Morgan fingerprint density at radius 2 is 1.71 bits per heavy atom. The van der Waals surface area contributed by atoms with Crippen molar-refractivity contribution < 1.29 is 10.0 Å². The zero-order chi connectivity index (χ0) is 21.5. The highest BCUT2D eigenvalue weighted by Crippen LogP contribution is 2.24. The standard InChI is InChI=1S/C26H25N3O2/c30-26(29-31)13-11-19-6-8-21(9-7-19)18-27-15-14-20-10-12-23-17-25(28-24(23)16-20)22-4-2-1-3-5-22/h1-13,16-17,27-28,31H,14-15,18H2,(H,29,30)/b13-11+. The minimum atomic E-state index is -0.542. The summed E-state index contributed by atoms with van der Waals surface area (Å²) < 4.78 is 0. The highest BCUT2D eigenvalue weighted by molar-refractivity contribution is 5.90. The molecule has 0 bridgehead atoms. The topological polar surface area (TPSA) is 77.2 Å². The van der Waals surface area contributed by atoms with Crippen LogP contribution in [0.15, 0.2) is 84.9 Å². The number of H-pyrrole nitrogens is 1. The van der Waals surface area contributed by atoms with Crippen LogP contribution in [0.5, 0.6) is 0 Å². The van der Waals surface area contributed by atoms with E-state index in [1.54, 1.807) is 11.6 Å². The predicted molar refractivity (Wildman–Crippen MR) is 125 cm³/mol. The van der Waals surface area contributed by atoms with Crippen molar-refractivity contribution in [1.82, 2.24) is 15.8 Å². The summed E-state index contributed by atoms with van der Waals surface area (Å²) in [6, 6.07) is 27.1. The van der Waals surface area contributed by atoms with Gasteiger partial charge in [-0.1, -0.05) is 66.7 Å². The van der Waals surface area contributed by atoms with E-state index in [1.165, 1.54) is 28.2 Å². The van der Waals surface area contributed by atoms with Crippen molar-refractivity contribution in [3.63, 3.8) is 0 Å². The lowest BCUT2D eigenvalue weighted by atomic mass is 10.1. The van der Waals surface area contributed by atoms with Crippen LogP contribution in [-0.2, 0) is 17.8 Å². The molecule has 0 spiro atoms. The van der Waals surface area contributed by atoms with Gasteiger partial charge in [-0.05, 0) is 53.4 Å². The molecule has 0 aliphatic rings. The van der Waals surface area contributed by atoms with Gasteiger partial charge in [-0.2, -0.15) is 0 Å². The van der Waals surface area contributed by atoms with Crippen LogP contribution in [0.1, 0.15) is 16.7 Å². The zero-order valence-corrected chi connectivity index (χ0v) is 17.1. The molecular weight excluding hydrogens is 386 g/mol. The molecule has 0 unspecified atom stereocenters. The van der Waals surface area contributed by atoms with Gasteiger partial charge in [-0.25, -0.2) is 5.48 Å². The fourth-order valence-electron chi connectivity index (χ4n) is 3.52. The third kappa shape index (κ3) is 5.48. The van der Waals surface area contributed by atoms with Gasteiger partial charge in [0.15, 0.2) is 0 Å². The Labute approximate surface area is 181 Å². The lowest BCUT2D eigenvalue weighted by molar-refractivity contribution is -0.124. The van der Waals surface area contributed by atoms with Crippen molar-refractivity contribution in [3.8, 4) is 11.3 Å². The first kappa shape index (κ1) is 20.6. The summed E-state index contributed by atoms with van der Waals surface area (Å²) in [6.07, 6.45) is 3.90. The van der Waals surface area contributed by atoms with E-state index in [0.29, 0.717) is 0 Å². The van der Waals surface area contributed by atoms with Crippen LogP contribution in [0, 0.1) is 0 Å². The maximum atomic E-state index is 11.0. The van der Waals surface area contributed by atoms with Crippen molar-refractivity contribution in [2.75, 3.05) is 6.54 Å². The van der Waals surface area contributed by atoms with Gasteiger partial charge < -0.3 is 10.3 Å². The van der Waals surface area contributed by atoms with Crippen LogP contribution in [0.25, 0.3) is 28.2 Å². The Morgan fingerprint density at radius 1 is 0.935 bits per heavy atom. The van der Waals surface area contributed by atoms with Crippen LogP contribution in [0.2, 0.25) is 0 Å². The van der Waals surface area contributed by atoms with Crippen LogP contribution in [0.3, 0.4) is 0 Å². The van der Waals surface area contributed by atoms with Gasteiger partial charge in [0.1, 0.15) is 0 Å². The fraction of sp³-hybridized carbons (Fsp3) is 0.115. The number of benzene rings is 3. The molecule has 4 rings (SSSR count).